The summed E-state index contributed by atoms with van der Waals surface area (Å²) in [7, 11) is 1.52. The molecule has 1 fully saturated rings. The van der Waals surface area contributed by atoms with E-state index in [0.29, 0.717) is 36.7 Å². The third-order valence-corrected chi connectivity index (χ3v) is 5.25. The Morgan fingerprint density at radius 3 is 2.57 bits per heavy atom. The summed E-state index contributed by atoms with van der Waals surface area (Å²) in [6.07, 6.45) is 2.01. The lowest BCUT2D eigenvalue weighted by Crippen LogP contribution is -2.36. The Labute approximate surface area is 175 Å². The predicted octanol–water partition coefficient (Wildman–Crippen LogP) is 3.89. The van der Waals surface area contributed by atoms with E-state index in [1.807, 2.05) is 47.4 Å². The number of aryl methyl sites for hydroxylation is 2. The molecule has 1 amide bonds. The van der Waals surface area contributed by atoms with E-state index in [4.69, 9.17) is 9.36 Å². The molecule has 1 saturated heterocycles. The number of rotatable bonds is 6. The first-order valence-electron chi connectivity index (χ1n) is 9.98. The molecule has 1 aliphatic heterocycles. The number of benzene rings is 2. The second kappa shape index (κ2) is 8.90. The molecule has 154 valence electrons. The smallest absolute Gasteiger partial charge is 0.254 e. The van der Waals surface area contributed by atoms with E-state index in [2.05, 4.69) is 27.4 Å². The minimum atomic E-state index is -0.0115. The van der Waals surface area contributed by atoms with Crippen molar-refractivity contribution >= 4 is 11.6 Å². The van der Waals surface area contributed by atoms with Crippen molar-refractivity contribution in [3.05, 3.63) is 71.9 Å². The van der Waals surface area contributed by atoms with Crippen LogP contribution in [0, 0.1) is 6.92 Å². The number of aromatic nitrogens is 2. The maximum atomic E-state index is 13.2. The van der Waals surface area contributed by atoms with Crippen LogP contribution in [0.3, 0.4) is 0 Å². The van der Waals surface area contributed by atoms with E-state index in [-0.39, 0.29) is 11.9 Å². The zero-order valence-corrected chi connectivity index (χ0v) is 17.1. The lowest BCUT2D eigenvalue weighted by Gasteiger charge is -2.23. The van der Waals surface area contributed by atoms with E-state index in [1.54, 1.807) is 6.92 Å². The van der Waals surface area contributed by atoms with Gasteiger partial charge in [0.15, 0.2) is 5.82 Å². The SMILES string of the molecule is CON=C1CC(CCc2nc(C)no2)N(C(=O)c2ccc(-c3ccccc3)cc2)C1. The number of carbonyl (C=O) groups is 1. The average molecular weight is 404 g/mol. The molecule has 7 nitrogen and oxygen atoms in total. The Hall–Kier alpha value is -3.48. The molecule has 7 heteroatoms. The third-order valence-electron chi connectivity index (χ3n) is 5.25. The van der Waals surface area contributed by atoms with Gasteiger partial charge in [0.05, 0.1) is 12.3 Å². The van der Waals surface area contributed by atoms with Gasteiger partial charge in [0, 0.05) is 24.4 Å². The van der Waals surface area contributed by atoms with Crippen molar-refractivity contribution in [3.63, 3.8) is 0 Å². The second-order valence-electron chi connectivity index (χ2n) is 7.35. The molecule has 0 saturated carbocycles. The summed E-state index contributed by atoms with van der Waals surface area (Å²) in [5.74, 6) is 1.19. The number of nitrogens with zero attached hydrogens (tertiary/aromatic N) is 4. The van der Waals surface area contributed by atoms with Crippen molar-refractivity contribution in [3.8, 4) is 11.1 Å². The number of likely N-dealkylation sites (tertiary alicyclic amines) is 1. The standard InChI is InChI=1S/C23H24N4O3/c1-16-24-22(30-25-16)13-12-21-14-20(26-29-2)15-27(21)23(28)19-10-8-18(9-11-19)17-6-4-3-5-7-17/h3-11,21H,12-15H2,1-2H3. The average Bonchev–Trinajstić information content (AvgIpc) is 3.38. The van der Waals surface area contributed by atoms with E-state index >= 15 is 0 Å². The van der Waals surface area contributed by atoms with E-state index in [1.165, 1.54) is 7.11 Å². The predicted molar refractivity (Wildman–Crippen MR) is 113 cm³/mol. The van der Waals surface area contributed by atoms with Crippen LogP contribution in [-0.4, -0.2) is 46.4 Å². The van der Waals surface area contributed by atoms with Gasteiger partial charge in [0.2, 0.25) is 5.89 Å². The minimum Gasteiger partial charge on any atom is -0.399 e. The minimum absolute atomic E-state index is 0.00686. The number of oxime groups is 1. The van der Waals surface area contributed by atoms with Crippen LogP contribution in [0.1, 0.15) is 34.9 Å². The number of hydrogen-bond donors (Lipinski definition) is 0. The molecule has 0 radical (unpaired) electrons. The maximum Gasteiger partial charge on any atom is 0.254 e. The third kappa shape index (κ3) is 4.40. The molecule has 0 N–H and O–H groups in total. The Morgan fingerprint density at radius 1 is 1.17 bits per heavy atom. The number of carbonyl (C=O) groups excluding carboxylic acids is 1. The molecule has 0 bridgehead atoms. The normalized spacial score (nSPS) is 17.5. The highest BCUT2D eigenvalue weighted by Gasteiger charge is 2.34. The van der Waals surface area contributed by atoms with Crippen molar-refractivity contribution in [2.75, 3.05) is 13.7 Å². The second-order valence-corrected chi connectivity index (χ2v) is 7.35. The van der Waals surface area contributed by atoms with Gasteiger partial charge in [-0.15, -0.1) is 0 Å². The van der Waals surface area contributed by atoms with E-state index in [9.17, 15) is 4.79 Å². The van der Waals surface area contributed by atoms with Crippen molar-refractivity contribution < 1.29 is 14.2 Å². The van der Waals surface area contributed by atoms with Crippen LogP contribution in [0.4, 0.5) is 0 Å². The molecule has 1 aromatic heterocycles. The van der Waals surface area contributed by atoms with Crippen LogP contribution in [0.25, 0.3) is 11.1 Å². The Balaban J connectivity index is 1.50. The summed E-state index contributed by atoms with van der Waals surface area (Å²) in [4.78, 5) is 24.3. The fraction of sp³-hybridized carbons (Fsp3) is 0.304. The molecular weight excluding hydrogens is 380 g/mol. The van der Waals surface area contributed by atoms with Crippen molar-refractivity contribution in [2.24, 2.45) is 5.16 Å². The Morgan fingerprint density at radius 2 is 1.90 bits per heavy atom. The summed E-state index contributed by atoms with van der Waals surface area (Å²) < 4.78 is 5.21. The van der Waals surface area contributed by atoms with Crippen LogP contribution in [0.15, 0.2) is 64.3 Å². The molecule has 30 heavy (non-hydrogen) atoms. The fourth-order valence-corrected chi connectivity index (χ4v) is 3.80. The summed E-state index contributed by atoms with van der Waals surface area (Å²) in [6.45, 7) is 2.25. The van der Waals surface area contributed by atoms with Crippen molar-refractivity contribution in [1.29, 1.82) is 0 Å². The zero-order valence-electron chi connectivity index (χ0n) is 17.1. The van der Waals surface area contributed by atoms with Gasteiger partial charge in [0.1, 0.15) is 7.11 Å². The first kappa shape index (κ1) is 19.8. The zero-order chi connectivity index (χ0) is 20.9. The molecule has 1 unspecified atom stereocenters. The summed E-state index contributed by atoms with van der Waals surface area (Å²) in [5, 5.41) is 7.92. The molecule has 1 atom stereocenters. The lowest BCUT2D eigenvalue weighted by atomic mass is 10.0. The molecule has 0 aliphatic carbocycles. The molecular formula is C23H24N4O3. The van der Waals surface area contributed by atoms with Gasteiger partial charge >= 0.3 is 0 Å². The van der Waals surface area contributed by atoms with Crippen molar-refractivity contribution in [2.45, 2.75) is 32.2 Å². The van der Waals surface area contributed by atoms with E-state index in [0.717, 1.165) is 23.3 Å². The van der Waals surface area contributed by atoms with Crippen molar-refractivity contribution in [1.82, 2.24) is 15.0 Å². The fourth-order valence-electron chi connectivity index (χ4n) is 3.80. The van der Waals surface area contributed by atoms with Gasteiger partial charge < -0.3 is 14.3 Å². The molecule has 2 heterocycles. The van der Waals surface area contributed by atoms with Crippen LogP contribution in [-0.2, 0) is 11.3 Å². The lowest BCUT2D eigenvalue weighted by molar-refractivity contribution is 0.0732. The Bertz CT molecular complexity index is 1030. The Kier molecular flexibility index (Phi) is 5.88. The van der Waals surface area contributed by atoms with Gasteiger partial charge in [-0.1, -0.05) is 52.8 Å². The van der Waals surface area contributed by atoms with Crippen LogP contribution in [0.2, 0.25) is 0 Å². The van der Waals surface area contributed by atoms with Crippen LogP contribution in [0.5, 0.6) is 0 Å². The summed E-state index contributed by atoms with van der Waals surface area (Å²) >= 11 is 0. The summed E-state index contributed by atoms with van der Waals surface area (Å²) in [5.41, 5.74) is 3.73. The van der Waals surface area contributed by atoms with Crippen LogP contribution < -0.4 is 0 Å². The summed E-state index contributed by atoms with van der Waals surface area (Å²) in [6, 6.07) is 17.9. The quantitative estimate of drug-likeness (QED) is 0.582. The van der Waals surface area contributed by atoms with Gasteiger partial charge in [-0.25, -0.2) is 0 Å². The molecule has 1 aliphatic rings. The van der Waals surface area contributed by atoms with E-state index < -0.39 is 0 Å². The van der Waals surface area contributed by atoms with Crippen LogP contribution >= 0.6 is 0 Å². The molecule has 4 rings (SSSR count). The maximum absolute atomic E-state index is 13.2. The molecule has 3 aromatic rings. The highest BCUT2D eigenvalue weighted by Crippen LogP contribution is 2.25. The van der Waals surface area contributed by atoms with Gasteiger partial charge in [-0.2, -0.15) is 4.98 Å². The number of amides is 1. The molecule has 0 spiro atoms. The highest BCUT2D eigenvalue weighted by atomic mass is 16.6. The van der Waals surface area contributed by atoms with Gasteiger partial charge in [-0.05, 0) is 36.6 Å². The monoisotopic (exact) mass is 404 g/mol. The topological polar surface area (TPSA) is 80.8 Å². The highest BCUT2D eigenvalue weighted by molar-refractivity contribution is 6.00. The van der Waals surface area contributed by atoms with Gasteiger partial charge in [-0.3, -0.25) is 4.79 Å². The molecule has 2 aromatic carbocycles. The van der Waals surface area contributed by atoms with Gasteiger partial charge in [0.25, 0.3) is 5.91 Å². The first-order chi connectivity index (χ1) is 14.6. The largest absolute Gasteiger partial charge is 0.399 e. The number of hydrogen-bond acceptors (Lipinski definition) is 6. The first-order valence-corrected chi connectivity index (χ1v) is 9.98.